The Balaban J connectivity index is 4.22. The first-order chi connectivity index (χ1) is 7.78. The minimum Gasteiger partial charge on any atom is -0.386 e. The minimum absolute atomic E-state index is 0.103. The van der Waals surface area contributed by atoms with Crippen LogP contribution in [0.2, 0.25) is 0 Å². The van der Waals surface area contributed by atoms with E-state index in [9.17, 15) is 9.50 Å². The van der Waals surface area contributed by atoms with E-state index in [1.807, 2.05) is 20.8 Å². The summed E-state index contributed by atoms with van der Waals surface area (Å²) >= 11 is 0. The first-order valence-electron chi connectivity index (χ1n) is 6.12. The Morgan fingerprint density at radius 3 is 2.35 bits per heavy atom. The summed E-state index contributed by atoms with van der Waals surface area (Å²) in [5.74, 6) is -0.103. The molecular formula is C15H25FO. The lowest BCUT2D eigenvalue weighted by atomic mass is 9.98. The second-order valence-electron chi connectivity index (χ2n) is 5.07. The summed E-state index contributed by atoms with van der Waals surface area (Å²) in [5, 5.41) is 9.69. The molecule has 0 aromatic rings. The topological polar surface area (TPSA) is 20.2 Å². The van der Waals surface area contributed by atoms with Crippen molar-refractivity contribution in [1.82, 2.24) is 0 Å². The van der Waals surface area contributed by atoms with Gasteiger partial charge in [-0.15, -0.1) is 6.58 Å². The van der Waals surface area contributed by atoms with Crippen LogP contribution in [0.3, 0.4) is 0 Å². The molecule has 0 rings (SSSR count). The minimum atomic E-state index is -0.975. The van der Waals surface area contributed by atoms with Gasteiger partial charge in [-0.25, -0.2) is 4.39 Å². The predicted molar refractivity (Wildman–Crippen MR) is 72.5 cm³/mol. The van der Waals surface area contributed by atoms with Crippen LogP contribution in [0.4, 0.5) is 4.39 Å². The number of hydrogen-bond donors (Lipinski definition) is 1. The number of aliphatic hydroxyl groups is 1. The average molecular weight is 240 g/mol. The van der Waals surface area contributed by atoms with E-state index in [4.69, 9.17) is 0 Å². The smallest absolute Gasteiger partial charge is 0.0990 e. The van der Waals surface area contributed by atoms with E-state index >= 15 is 0 Å². The Morgan fingerprint density at radius 1 is 1.29 bits per heavy atom. The summed E-state index contributed by atoms with van der Waals surface area (Å²) < 4.78 is 13.7. The van der Waals surface area contributed by atoms with Crippen molar-refractivity contribution in [3.05, 3.63) is 35.7 Å². The number of rotatable bonds is 7. The molecule has 0 radical (unpaired) electrons. The van der Waals surface area contributed by atoms with E-state index in [1.54, 1.807) is 6.92 Å². The maximum Gasteiger partial charge on any atom is 0.0990 e. The Hall–Kier alpha value is -0.890. The molecule has 1 nitrogen and oxygen atoms in total. The van der Waals surface area contributed by atoms with Crippen LogP contribution in [0, 0.1) is 0 Å². The monoisotopic (exact) mass is 240 g/mol. The van der Waals surface area contributed by atoms with Crippen molar-refractivity contribution in [2.75, 3.05) is 0 Å². The van der Waals surface area contributed by atoms with Crippen LogP contribution >= 0.6 is 0 Å². The summed E-state index contributed by atoms with van der Waals surface area (Å²) in [7, 11) is 0. The summed E-state index contributed by atoms with van der Waals surface area (Å²) in [5.41, 5.74) is 1.06. The molecule has 0 aromatic heterocycles. The van der Waals surface area contributed by atoms with Crippen molar-refractivity contribution in [2.24, 2.45) is 0 Å². The van der Waals surface area contributed by atoms with Crippen molar-refractivity contribution in [3.8, 4) is 0 Å². The lowest BCUT2D eigenvalue weighted by Crippen LogP contribution is -2.19. The van der Waals surface area contributed by atoms with Gasteiger partial charge in [-0.05, 0) is 52.5 Å². The molecule has 0 bridgehead atoms. The van der Waals surface area contributed by atoms with Crippen molar-refractivity contribution < 1.29 is 9.50 Å². The van der Waals surface area contributed by atoms with Gasteiger partial charge in [-0.1, -0.05) is 17.7 Å². The van der Waals surface area contributed by atoms with Crippen LogP contribution in [0.5, 0.6) is 0 Å². The summed E-state index contributed by atoms with van der Waals surface area (Å²) in [6, 6.07) is 0. The lowest BCUT2D eigenvalue weighted by Gasteiger charge is -2.17. The van der Waals surface area contributed by atoms with E-state index in [2.05, 4.69) is 12.7 Å². The summed E-state index contributed by atoms with van der Waals surface area (Å²) in [6.45, 7) is 11.1. The van der Waals surface area contributed by atoms with Gasteiger partial charge in [0.05, 0.1) is 11.4 Å². The summed E-state index contributed by atoms with van der Waals surface area (Å²) in [4.78, 5) is 0. The molecule has 1 atom stereocenters. The van der Waals surface area contributed by atoms with Crippen molar-refractivity contribution in [2.45, 2.75) is 59.0 Å². The molecule has 0 amide bonds. The highest BCUT2D eigenvalue weighted by atomic mass is 19.1. The van der Waals surface area contributed by atoms with Gasteiger partial charge in [-0.2, -0.15) is 0 Å². The van der Waals surface area contributed by atoms with Gasteiger partial charge in [0, 0.05) is 6.42 Å². The molecule has 1 N–H and O–H groups in total. The molecule has 0 aliphatic rings. The first-order valence-corrected chi connectivity index (χ1v) is 6.12. The zero-order valence-corrected chi connectivity index (χ0v) is 11.5. The van der Waals surface area contributed by atoms with Gasteiger partial charge in [-0.3, -0.25) is 0 Å². The third-order valence-electron chi connectivity index (χ3n) is 2.83. The predicted octanol–water partition coefficient (Wildman–Crippen LogP) is 4.69. The van der Waals surface area contributed by atoms with Crippen LogP contribution in [-0.4, -0.2) is 10.7 Å². The van der Waals surface area contributed by atoms with Gasteiger partial charge < -0.3 is 5.11 Å². The molecule has 1 unspecified atom stereocenters. The Morgan fingerprint density at radius 2 is 1.88 bits per heavy atom. The third kappa shape index (κ3) is 7.92. The zero-order valence-electron chi connectivity index (χ0n) is 11.5. The highest BCUT2D eigenvalue weighted by molar-refractivity contribution is 5.08. The standard InChI is InChI=1S/C15H25FO/c1-6-15(5,17)11-10-14(16)13(4)9-7-8-12(2)3/h6,8,17H,1,7,9-11H2,2-5H3. The Kier molecular flexibility index (Phi) is 7.05. The van der Waals surface area contributed by atoms with Crippen LogP contribution in [-0.2, 0) is 0 Å². The normalized spacial score (nSPS) is 15.9. The third-order valence-corrected chi connectivity index (χ3v) is 2.83. The maximum atomic E-state index is 13.7. The molecule has 0 fully saturated rings. The molecule has 0 aliphatic carbocycles. The van der Waals surface area contributed by atoms with Crippen LogP contribution < -0.4 is 0 Å². The fraction of sp³-hybridized carbons (Fsp3) is 0.600. The van der Waals surface area contributed by atoms with Gasteiger partial charge in [0.1, 0.15) is 0 Å². The second kappa shape index (κ2) is 7.44. The van der Waals surface area contributed by atoms with Gasteiger partial charge in [0.15, 0.2) is 0 Å². The van der Waals surface area contributed by atoms with Crippen molar-refractivity contribution in [3.63, 3.8) is 0 Å². The maximum absolute atomic E-state index is 13.7. The van der Waals surface area contributed by atoms with Crippen molar-refractivity contribution in [1.29, 1.82) is 0 Å². The van der Waals surface area contributed by atoms with Gasteiger partial charge in [0.2, 0.25) is 0 Å². The summed E-state index contributed by atoms with van der Waals surface area (Å²) in [6.07, 6.45) is 5.84. The zero-order chi connectivity index (χ0) is 13.5. The molecule has 0 aromatic carbocycles. The molecule has 0 heterocycles. The molecule has 98 valence electrons. The molecule has 0 saturated heterocycles. The van der Waals surface area contributed by atoms with Crippen LogP contribution in [0.15, 0.2) is 35.7 Å². The quantitative estimate of drug-likeness (QED) is 0.640. The first kappa shape index (κ1) is 16.1. The largest absolute Gasteiger partial charge is 0.386 e. The van der Waals surface area contributed by atoms with Gasteiger partial charge in [0.25, 0.3) is 0 Å². The number of halogens is 1. The molecule has 0 saturated carbocycles. The highest BCUT2D eigenvalue weighted by Gasteiger charge is 2.16. The Labute approximate surface area is 105 Å². The van der Waals surface area contributed by atoms with Crippen LogP contribution in [0.1, 0.15) is 53.4 Å². The van der Waals surface area contributed by atoms with E-state index in [-0.39, 0.29) is 12.2 Å². The molecule has 0 aliphatic heterocycles. The SMILES string of the molecule is C=CC(C)(O)CCC(F)=C(C)CCC=C(C)C. The fourth-order valence-electron chi connectivity index (χ4n) is 1.39. The van der Waals surface area contributed by atoms with E-state index in [0.717, 1.165) is 18.4 Å². The van der Waals surface area contributed by atoms with Crippen LogP contribution in [0.25, 0.3) is 0 Å². The molecule has 17 heavy (non-hydrogen) atoms. The highest BCUT2D eigenvalue weighted by Crippen LogP contribution is 2.22. The second-order valence-corrected chi connectivity index (χ2v) is 5.07. The van der Waals surface area contributed by atoms with Gasteiger partial charge >= 0.3 is 0 Å². The number of hydrogen-bond acceptors (Lipinski definition) is 1. The van der Waals surface area contributed by atoms with E-state index < -0.39 is 5.60 Å². The van der Waals surface area contributed by atoms with Crippen molar-refractivity contribution >= 4 is 0 Å². The lowest BCUT2D eigenvalue weighted by molar-refractivity contribution is 0.101. The molecule has 0 spiro atoms. The molecule has 2 heteroatoms. The van der Waals surface area contributed by atoms with E-state index in [0.29, 0.717) is 6.42 Å². The Bertz CT molecular complexity index is 307. The van der Waals surface area contributed by atoms with E-state index in [1.165, 1.54) is 11.6 Å². The average Bonchev–Trinajstić information content (AvgIpc) is 2.25. The number of allylic oxidation sites excluding steroid dienone is 4. The molecular weight excluding hydrogens is 215 g/mol. The fourth-order valence-corrected chi connectivity index (χ4v) is 1.39.